The van der Waals surface area contributed by atoms with Gasteiger partial charge in [0.15, 0.2) is 0 Å². The monoisotopic (exact) mass is 225 g/mol. The van der Waals surface area contributed by atoms with Crippen molar-refractivity contribution < 1.29 is 27.9 Å². The molecule has 0 saturated heterocycles. The molecule has 3 atom stereocenters. The van der Waals surface area contributed by atoms with Crippen LogP contribution in [0.15, 0.2) is 0 Å². The summed E-state index contributed by atoms with van der Waals surface area (Å²) >= 11 is 0. The molecule has 0 heterocycles. The number of rotatable bonds is 3. The molecule has 0 radical (unpaired) electrons. The van der Waals surface area contributed by atoms with Crippen LogP contribution in [0.1, 0.15) is 13.3 Å². The third-order valence-electron chi connectivity index (χ3n) is 2.41. The van der Waals surface area contributed by atoms with E-state index in [2.05, 4.69) is 0 Å². The number of aliphatic carboxylic acids is 1. The first-order chi connectivity index (χ1) is 6.73. The van der Waals surface area contributed by atoms with Gasteiger partial charge in [-0.2, -0.15) is 13.2 Å². The number of nitrogens with one attached hydrogen (secondary N) is 1. The van der Waals surface area contributed by atoms with Crippen LogP contribution in [0.25, 0.3) is 0 Å². The van der Waals surface area contributed by atoms with Crippen LogP contribution in [-0.2, 0) is 9.59 Å². The molecule has 1 saturated carbocycles. The molecule has 3 unspecified atom stereocenters. The molecule has 86 valence electrons. The van der Waals surface area contributed by atoms with E-state index in [1.54, 1.807) is 6.92 Å². The van der Waals surface area contributed by atoms with Crippen LogP contribution in [0.2, 0.25) is 0 Å². The maximum Gasteiger partial charge on any atom is 0.471 e. The molecule has 7 heteroatoms. The predicted molar refractivity (Wildman–Crippen MR) is 42.9 cm³/mol. The van der Waals surface area contributed by atoms with Crippen LogP contribution < -0.4 is 5.32 Å². The Labute approximate surface area is 83.5 Å². The summed E-state index contributed by atoms with van der Waals surface area (Å²) in [5.74, 6) is -3.98. The molecular weight excluding hydrogens is 215 g/mol. The molecule has 1 rings (SSSR count). The molecule has 1 aliphatic rings. The van der Waals surface area contributed by atoms with Gasteiger partial charge in [-0.05, 0) is 18.3 Å². The van der Waals surface area contributed by atoms with E-state index in [9.17, 15) is 22.8 Å². The third-order valence-corrected chi connectivity index (χ3v) is 2.41. The van der Waals surface area contributed by atoms with Crippen molar-refractivity contribution in [3.05, 3.63) is 0 Å². The number of hydrogen-bond acceptors (Lipinski definition) is 2. The molecule has 0 aromatic carbocycles. The number of alkyl halides is 3. The van der Waals surface area contributed by atoms with Crippen molar-refractivity contribution in [2.75, 3.05) is 0 Å². The highest BCUT2D eigenvalue weighted by Gasteiger charge is 2.48. The zero-order valence-electron chi connectivity index (χ0n) is 7.84. The number of carbonyl (C=O) groups excluding carboxylic acids is 1. The Balaban J connectivity index is 2.60. The van der Waals surface area contributed by atoms with E-state index in [1.807, 2.05) is 0 Å². The van der Waals surface area contributed by atoms with Gasteiger partial charge in [0.05, 0.1) is 0 Å². The van der Waals surface area contributed by atoms with E-state index in [-0.39, 0.29) is 5.92 Å². The van der Waals surface area contributed by atoms with Gasteiger partial charge in [-0.3, -0.25) is 4.79 Å². The summed E-state index contributed by atoms with van der Waals surface area (Å²) in [6.45, 7) is 1.72. The van der Waals surface area contributed by atoms with Gasteiger partial charge in [-0.25, -0.2) is 4.79 Å². The van der Waals surface area contributed by atoms with Gasteiger partial charge in [0.2, 0.25) is 0 Å². The zero-order chi connectivity index (χ0) is 11.8. The predicted octanol–water partition coefficient (Wildman–Crippen LogP) is 0.774. The van der Waals surface area contributed by atoms with Gasteiger partial charge >= 0.3 is 18.1 Å². The Morgan fingerprint density at radius 3 is 2.20 bits per heavy atom. The second-order valence-corrected chi connectivity index (χ2v) is 3.66. The van der Waals surface area contributed by atoms with Crippen molar-refractivity contribution in [1.29, 1.82) is 0 Å². The van der Waals surface area contributed by atoms with E-state index in [1.165, 1.54) is 5.32 Å². The Bertz CT molecular complexity index is 289. The molecular formula is C8H10F3NO3. The first-order valence-electron chi connectivity index (χ1n) is 4.34. The van der Waals surface area contributed by atoms with Gasteiger partial charge in [0.1, 0.15) is 6.04 Å². The normalized spacial score (nSPS) is 26.9. The molecule has 0 aliphatic heterocycles. The minimum absolute atomic E-state index is 0.0413. The Kier molecular flexibility index (Phi) is 2.92. The lowest BCUT2D eigenvalue weighted by molar-refractivity contribution is -0.175. The van der Waals surface area contributed by atoms with E-state index >= 15 is 0 Å². The highest BCUT2D eigenvalue weighted by molar-refractivity contribution is 5.87. The van der Waals surface area contributed by atoms with Gasteiger partial charge in [-0.15, -0.1) is 0 Å². The molecule has 0 bridgehead atoms. The maximum absolute atomic E-state index is 11.8. The highest BCUT2D eigenvalue weighted by Crippen LogP contribution is 2.40. The fourth-order valence-electron chi connectivity index (χ4n) is 1.39. The average molecular weight is 225 g/mol. The van der Waals surface area contributed by atoms with Gasteiger partial charge in [0.25, 0.3) is 0 Å². The fourth-order valence-corrected chi connectivity index (χ4v) is 1.39. The molecule has 1 fully saturated rings. The SMILES string of the molecule is CC1CC1C(NC(=O)C(F)(F)F)C(=O)O. The van der Waals surface area contributed by atoms with Crippen LogP contribution >= 0.6 is 0 Å². The van der Waals surface area contributed by atoms with Crippen LogP contribution in [0, 0.1) is 11.8 Å². The summed E-state index contributed by atoms with van der Waals surface area (Å²) in [4.78, 5) is 21.1. The van der Waals surface area contributed by atoms with E-state index in [4.69, 9.17) is 5.11 Å². The van der Waals surface area contributed by atoms with E-state index < -0.39 is 30.0 Å². The van der Waals surface area contributed by atoms with Crippen molar-refractivity contribution in [2.24, 2.45) is 11.8 Å². The molecule has 1 aliphatic carbocycles. The molecule has 2 N–H and O–H groups in total. The molecule has 0 aromatic heterocycles. The van der Waals surface area contributed by atoms with Gasteiger partial charge in [0, 0.05) is 0 Å². The maximum atomic E-state index is 11.8. The minimum Gasteiger partial charge on any atom is -0.480 e. The lowest BCUT2D eigenvalue weighted by Crippen LogP contribution is -2.48. The number of amides is 1. The Morgan fingerprint density at radius 1 is 1.47 bits per heavy atom. The van der Waals surface area contributed by atoms with Gasteiger partial charge < -0.3 is 10.4 Å². The fraction of sp³-hybridized carbons (Fsp3) is 0.750. The van der Waals surface area contributed by atoms with Crippen molar-refractivity contribution in [2.45, 2.75) is 25.6 Å². The topological polar surface area (TPSA) is 66.4 Å². The Hall–Kier alpha value is -1.27. The third kappa shape index (κ3) is 2.84. The largest absolute Gasteiger partial charge is 0.480 e. The van der Waals surface area contributed by atoms with Crippen LogP contribution in [0.3, 0.4) is 0 Å². The summed E-state index contributed by atoms with van der Waals surface area (Å²) in [7, 11) is 0. The summed E-state index contributed by atoms with van der Waals surface area (Å²) in [5.41, 5.74) is 0. The van der Waals surface area contributed by atoms with Crippen LogP contribution in [-0.4, -0.2) is 29.2 Å². The first kappa shape index (κ1) is 11.8. The molecule has 1 amide bonds. The molecule has 0 spiro atoms. The van der Waals surface area contributed by atoms with Crippen LogP contribution in [0.4, 0.5) is 13.2 Å². The number of carboxylic acids is 1. The van der Waals surface area contributed by atoms with Crippen molar-refractivity contribution in [3.63, 3.8) is 0 Å². The van der Waals surface area contributed by atoms with E-state index in [0.717, 1.165) is 0 Å². The standard InChI is InChI=1S/C8H10F3NO3/c1-3-2-4(3)5(6(13)14)12-7(15)8(9,10)11/h3-5H,2H2,1H3,(H,12,15)(H,13,14). The quantitative estimate of drug-likeness (QED) is 0.745. The molecule has 0 aromatic rings. The number of halogens is 3. The summed E-state index contributed by atoms with van der Waals surface area (Å²) < 4.78 is 35.5. The molecule has 4 nitrogen and oxygen atoms in total. The van der Waals surface area contributed by atoms with Crippen molar-refractivity contribution in [3.8, 4) is 0 Å². The van der Waals surface area contributed by atoms with E-state index in [0.29, 0.717) is 6.42 Å². The average Bonchev–Trinajstić information content (AvgIpc) is 2.75. The van der Waals surface area contributed by atoms with Crippen molar-refractivity contribution >= 4 is 11.9 Å². The minimum atomic E-state index is -5.04. The zero-order valence-corrected chi connectivity index (χ0v) is 7.84. The lowest BCUT2D eigenvalue weighted by Gasteiger charge is -2.15. The summed E-state index contributed by atoms with van der Waals surface area (Å²) in [6.07, 6.45) is -4.51. The highest BCUT2D eigenvalue weighted by atomic mass is 19.4. The smallest absolute Gasteiger partial charge is 0.471 e. The van der Waals surface area contributed by atoms with Gasteiger partial charge in [-0.1, -0.05) is 6.92 Å². The second kappa shape index (κ2) is 3.71. The molecule has 15 heavy (non-hydrogen) atoms. The lowest BCUT2D eigenvalue weighted by atomic mass is 10.1. The van der Waals surface area contributed by atoms with Crippen molar-refractivity contribution in [1.82, 2.24) is 5.32 Å². The summed E-state index contributed by atoms with van der Waals surface area (Å²) in [6, 6.07) is -1.44. The number of carbonyl (C=O) groups is 2. The number of carboxylic acid groups (broad SMARTS) is 1. The summed E-state index contributed by atoms with van der Waals surface area (Å²) in [5, 5.41) is 10.1. The Morgan fingerprint density at radius 2 is 1.93 bits per heavy atom. The number of hydrogen-bond donors (Lipinski definition) is 2. The van der Waals surface area contributed by atoms with Crippen LogP contribution in [0.5, 0.6) is 0 Å². The second-order valence-electron chi connectivity index (χ2n) is 3.66. The first-order valence-corrected chi connectivity index (χ1v) is 4.34.